The topological polar surface area (TPSA) is 91.3 Å². The molecule has 1 unspecified atom stereocenters. The summed E-state index contributed by atoms with van der Waals surface area (Å²) in [7, 11) is 3.05. The summed E-state index contributed by atoms with van der Waals surface area (Å²) in [5.41, 5.74) is 2.46. The number of aromatic hydroxyl groups is 1. The molecule has 3 aromatic rings. The number of phenols is 1. The Bertz CT molecular complexity index is 1300. The number of Topliss-reactive ketones (excluding diaryl/α,β-unsaturated/α-hetero) is 1. The Labute approximate surface area is 189 Å². The van der Waals surface area contributed by atoms with E-state index in [9.17, 15) is 14.7 Å². The molecule has 7 heteroatoms. The van der Waals surface area contributed by atoms with Gasteiger partial charge in [0.2, 0.25) is 5.78 Å². The Kier molecular flexibility index (Phi) is 5.01. The van der Waals surface area contributed by atoms with Gasteiger partial charge >= 0.3 is 5.97 Å². The second-order valence-corrected chi connectivity index (χ2v) is 7.73. The van der Waals surface area contributed by atoms with E-state index in [-0.39, 0.29) is 23.7 Å². The molecule has 2 aliphatic rings. The Morgan fingerprint density at radius 2 is 1.76 bits per heavy atom. The number of fused-ring (bicyclic) bond motifs is 3. The summed E-state index contributed by atoms with van der Waals surface area (Å²) in [5, 5.41) is 10.3. The van der Waals surface area contributed by atoms with Crippen LogP contribution in [0.25, 0.3) is 6.08 Å². The summed E-state index contributed by atoms with van der Waals surface area (Å²) < 4.78 is 21.8. The van der Waals surface area contributed by atoms with Crippen molar-refractivity contribution in [2.45, 2.75) is 12.3 Å². The fraction of sp³-hybridized carbons (Fsp3) is 0.154. The molecule has 3 aromatic carbocycles. The number of ketones is 1. The van der Waals surface area contributed by atoms with E-state index >= 15 is 0 Å². The van der Waals surface area contributed by atoms with Gasteiger partial charge in [0.05, 0.1) is 26.2 Å². The van der Waals surface area contributed by atoms with Gasteiger partial charge in [-0.1, -0.05) is 18.2 Å². The summed E-state index contributed by atoms with van der Waals surface area (Å²) in [6, 6.07) is 15.4. The van der Waals surface area contributed by atoms with E-state index in [4.69, 9.17) is 18.9 Å². The summed E-state index contributed by atoms with van der Waals surface area (Å²) in [6.07, 6.45) is 1.71. The lowest BCUT2D eigenvalue weighted by atomic mass is 9.84. The van der Waals surface area contributed by atoms with Crippen LogP contribution in [0.3, 0.4) is 0 Å². The predicted octanol–water partition coefficient (Wildman–Crippen LogP) is 4.47. The minimum absolute atomic E-state index is 0.0415. The molecule has 0 bridgehead atoms. The van der Waals surface area contributed by atoms with Crippen LogP contribution in [0, 0.1) is 0 Å². The number of ether oxygens (including phenoxy) is 4. The highest BCUT2D eigenvalue weighted by Crippen LogP contribution is 2.49. The maximum absolute atomic E-state index is 13.1. The van der Waals surface area contributed by atoms with Crippen LogP contribution in [0.2, 0.25) is 0 Å². The van der Waals surface area contributed by atoms with Crippen LogP contribution in [-0.4, -0.2) is 31.1 Å². The van der Waals surface area contributed by atoms with Crippen LogP contribution < -0.4 is 18.9 Å². The van der Waals surface area contributed by atoms with Crippen LogP contribution in [-0.2, 0) is 4.79 Å². The average molecular weight is 444 g/mol. The molecule has 166 valence electrons. The molecule has 5 rings (SSSR count). The van der Waals surface area contributed by atoms with Crippen LogP contribution in [0.1, 0.15) is 39.4 Å². The lowest BCUT2D eigenvalue weighted by Gasteiger charge is -2.26. The van der Waals surface area contributed by atoms with Crippen molar-refractivity contribution in [3.8, 4) is 28.7 Å². The van der Waals surface area contributed by atoms with Gasteiger partial charge in [-0.25, -0.2) is 0 Å². The smallest absolute Gasteiger partial charge is 0.312 e. The Balaban J connectivity index is 1.57. The van der Waals surface area contributed by atoms with Gasteiger partial charge in [-0.3, -0.25) is 9.59 Å². The second-order valence-electron chi connectivity index (χ2n) is 7.73. The molecule has 7 nitrogen and oxygen atoms in total. The zero-order valence-electron chi connectivity index (χ0n) is 18.0. The zero-order valence-corrected chi connectivity index (χ0v) is 18.0. The number of esters is 1. The first-order valence-corrected chi connectivity index (χ1v) is 10.3. The second kappa shape index (κ2) is 8.02. The van der Waals surface area contributed by atoms with Crippen molar-refractivity contribution < 1.29 is 33.6 Å². The quantitative estimate of drug-likeness (QED) is 0.361. The number of phenolic OH excluding ortho intramolecular Hbond substituents is 1. The molecule has 0 amide bonds. The molecule has 2 heterocycles. The van der Waals surface area contributed by atoms with E-state index in [1.807, 2.05) is 12.1 Å². The maximum atomic E-state index is 13.1. The average Bonchev–Trinajstić information content (AvgIpc) is 3.14. The first-order chi connectivity index (χ1) is 16.0. The largest absolute Gasteiger partial charge is 0.504 e. The molecule has 1 atom stereocenters. The Morgan fingerprint density at radius 3 is 2.45 bits per heavy atom. The summed E-state index contributed by atoms with van der Waals surface area (Å²) >= 11 is 0. The van der Waals surface area contributed by atoms with Gasteiger partial charge in [-0.15, -0.1) is 0 Å². The molecule has 0 radical (unpaired) electrons. The Hall–Kier alpha value is -4.26. The van der Waals surface area contributed by atoms with E-state index in [2.05, 4.69) is 0 Å². The van der Waals surface area contributed by atoms with Crippen molar-refractivity contribution in [2.75, 3.05) is 14.2 Å². The number of carbonyl (C=O) groups is 2. The highest BCUT2D eigenvalue weighted by Gasteiger charge is 2.38. The molecule has 0 saturated heterocycles. The molecular formula is C26H20O7. The number of hydrogen-bond acceptors (Lipinski definition) is 7. The summed E-state index contributed by atoms with van der Waals surface area (Å²) in [4.78, 5) is 25.4. The maximum Gasteiger partial charge on any atom is 0.312 e. The van der Waals surface area contributed by atoms with Crippen molar-refractivity contribution in [3.05, 3.63) is 82.6 Å². The van der Waals surface area contributed by atoms with Gasteiger partial charge in [0.25, 0.3) is 0 Å². The van der Waals surface area contributed by atoms with Crippen molar-refractivity contribution in [3.63, 3.8) is 0 Å². The van der Waals surface area contributed by atoms with Crippen molar-refractivity contribution >= 4 is 17.8 Å². The van der Waals surface area contributed by atoms with Gasteiger partial charge in [0.1, 0.15) is 17.2 Å². The third-order valence-electron chi connectivity index (χ3n) is 5.80. The van der Waals surface area contributed by atoms with Gasteiger partial charge in [-0.05, 0) is 53.6 Å². The Morgan fingerprint density at radius 1 is 0.970 bits per heavy atom. The molecule has 33 heavy (non-hydrogen) atoms. The molecule has 1 N–H and O–H groups in total. The predicted molar refractivity (Wildman–Crippen MR) is 119 cm³/mol. The number of benzene rings is 3. The van der Waals surface area contributed by atoms with Gasteiger partial charge in [-0.2, -0.15) is 0 Å². The monoisotopic (exact) mass is 444 g/mol. The van der Waals surface area contributed by atoms with E-state index in [0.29, 0.717) is 39.7 Å². The summed E-state index contributed by atoms with van der Waals surface area (Å²) in [5.74, 6) is 0.761. The fourth-order valence-electron chi connectivity index (χ4n) is 4.17. The van der Waals surface area contributed by atoms with Gasteiger partial charge < -0.3 is 24.1 Å². The van der Waals surface area contributed by atoms with Crippen LogP contribution in [0.15, 0.2) is 60.4 Å². The fourth-order valence-corrected chi connectivity index (χ4v) is 4.17. The SMILES string of the molecule is COc1ccc(C=C2Oc3c(ccc4c3C(c3ccc(OC)c(O)c3)CC(=O)O4)C2=O)cc1. The molecule has 0 aliphatic carbocycles. The van der Waals surface area contributed by atoms with Crippen molar-refractivity contribution in [1.29, 1.82) is 0 Å². The lowest BCUT2D eigenvalue weighted by molar-refractivity contribution is -0.135. The molecular weight excluding hydrogens is 424 g/mol. The molecule has 0 spiro atoms. The third-order valence-corrected chi connectivity index (χ3v) is 5.80. The standard InChI is InChI=1S/C26H20O7/c1-30-16-6-3-14(4-7-16)11-22-25(29)17-8-10-21-24(26(17)33-22)18(13-23(28)32-21)15-5-9-20(31-2)19(27)12-15/h3-12,18,27H,13H2,1-2H3. The highest BCUT2D eigenvalue weighted by molar-refractivity contribution is 6.15. The number of hydrogen-bond donors (Lipinski definition) is 1. The zero-order chi connectivity index (χ0) is 23.1. The highest BCUT2D eigenvalue weighted by atomic mass is 16.5. The van der Waals surface area contributed by atoms with Crippen LogP contribution in [0.5, 0.6) is 28.7 Å². The number of methoxy groups -OCH3 is 2. The van der Waals surface area contributed by atoms with E-state index in [0.717, 1.165) is 5.56 Å². The van der Waals surface area contributed by atoms with E-state index < -0.39 is 11.9 Å². The molecule has 0 aromatic heterocycles. The van der Waals surface area contributed by atoms with E-state index in [1.54, 1.807) is 55.7 Å². The van der Waals surface area contributed by atoms with Gasteiger partial charge in [0, 0.05) is 11.5 Å². The van der Waals surface area contributed by atoms with Crippen LogP contribution in [0.4, 0.5) is 0 Å². The van der Waals surface area contributed by atoms with Crippen molar-refractivity contribution in [1.82, 2.24) is 0 Å². The van der Waals surface area contributed by atoms with Crippen molar-refractivity contribution in [2.24, 2.45) is 0 Å². The van der Waals surface area contributed by atoms with E-state index in [1.165, 1.54) is 7.11 Å². The number of rotatable bonds is 4. The van der Waals surface area contributed by atoms with Gasteiger partial charge in [0.15, 0.2) is 17.3 Å². The molecule has 0 fully saturated rings. The summed E-state index contributed by atoms with van der Waals surface area (Å²) in [6.45, 7) is 0. The minimum Gasteiger partial charge on any atom is -0.504 e. The first kappa shape index (κ1) is 20.6. The van der Waals surface area contributed by atoms with Crippen LogP contribution >= 0.6 is 0 Å². The normalized spacial score (nSPS) is 17.8. The number of carbonyl (C=O) groups excluding carboxylic acids is 2. The third kappa shape index (κ3) is 3.57. The first-order valence-electron chi connectivity index (χ1n) is 10.3. The minimum atomic E-state index is -0.457. The number of allylic oxidation sites excluding steroid dienone is 1. The lowest BCUT2D eigenvalue weighted by Crippen LogP contribution is -2.21. The molecule has 2 aliphatic heterocycles. The molecule has 0 saturated carbocycles.